The third-order valence-electron chi connectivity index (χ3n) is 5.36. The molecule has 2 aliphatic heterocycles. The van der Waals surface area contributed by atoms with Crippen LogP contribution >= 0.6 is 0 Å². The number of para-hydroxylation sites is 1. The fourth-order valence-electron chi connectivity index (χ4n) is 4.10. The topological polar surface area (TPSA) is 38.5 Å². The van der Waals surface area contributed by atoms with Gasteiger partial charge in [0.25, 0.3) is 0 Å². The third kappa shape index (κ3) is 2.82. The van der Waals surface area contributed by atoms with Crippen molar-refractivity contribution in [1.82, 2.24) is 4.90 Å². The van der Waals surface area contributed by atoms with Crippen LogP contribution in [0.1, 0.15) is 44.7 Å². The van der Waals surface area contributed by atoms with Gasteiger partial charge < -0.3 is 10.5 Å². The van der Waals surface area contributed by atoms with Gasteiger partial charge in [0.2, 0.25) is 0 Å². The van der Waals surface area contributed by atoms with Crippen molar-refractivity contribution in [2.24, 2.45) is 17.6 Å². The van der Waals surface area contributed by atoms with E-state index in [1.165, 1.54) is 31.4 Å². The van der Waals surface area contributed by atoms with Crippen molar-refractivity contribution in [1.29, 1.82) is 0 Å². The summed E-state index contributed by atoms with van der Waals surface area (Å²) in [5.41, 5.74) is 7.46. The van der Waals surface area contributed by atoms with E-state index < -0.39 is 0 Å². The molecule has 2 heterocycles. The number of hydrogen-bond donors (Lipinski definition) is 1. The Morgan fingerprint density at radius 3 is 2.90 bits per heavy atom. The Balaban J connectivity index is 1.88. The molecule has 3 nitrogen and oxygen atoms in total. The fraction of sp³-hybridized carbons (Fsp3) is 0.667. The van der Waals surface area contributed by atoms with Gasteiger partial charge in [-0.05, 0) is 31.4 Å². The summed E-state index contributed by atoms with van der Waals surface area (Å²) >= 11 is 0. The summed E-state index contributed by atoms with van der Waals surface area (Å²) in [6, 6.07) is 9.50. The number of hydrogen-bond acceptors (Lipinski definition) is 3. The average Bonchev–Trinajstić information content (AvgIpc) is 2.54. The first-order chi connectivity index (χ1) is 10.2. The smallest absolute Gasteiger partial charge is 0.124 e. The van der Waals surface area contributed by atoms with Gasteiger partial charge in [-0.3, -0.25) is 4.90 Å². The third-order valence-corrected chi connectivity index (χ3v) is 5.36. The molecule has 0 aromatic heterocycles. The maximum atomic E-state index is 6.11. The Morgan fingerprint density at radius 2 is 2.14 bits per heavy atom. The van der Waals surface area contributed by atoms with Crippen LogP contribution in [0.3, 0.4) is 0 Å². The molecule has 1 aromatic rings. The molecule has 0 radical (unpaired) electrons. The van der Waals surface area contributed by atoms with Crippen LogP contribution in [-0.2, 0) is 0 Å². The zero-order chi connectivity index (χ0) is 14.8. The lowest BCUT2D eigenvalue weighted by Gasteiger charge is -2.47. The number of nitrogens with two attached hydrogens (primary N) is 1. The lowest BCUT2D eigenvalue weighted by molar-refractivity contribution is 0.0206. The highest BCUT2D eigenvalue weighted by atomic mass is 16.5. The predicted octanol–water partition coefficient (Wildman–Crippen LogP) is 3.21. The molecule has 4 unspecified atom stereocenters. The number of benzene rings is 1. The zero-order valence-electron chi connectivity index (χ0n) is 13.3. The monoisotopic (exact) mass is 288 g/mol. The predicted molar refractivity (Wildman–Crippen MR) is 86.4 cm³/mol. The second kappa shape index (κ2) is 6.37. The summed E-state index contributed by atoms with van der Waals surface area (Å²) in [6.45, 7) is 7.36. The van der Waals surface area contributed by atoms with Gasteiger partial charge in [0.05, 0.1) is 6.61 Å². The number of fused-ring (bicyclic) bond motifs is 1. The number of nitrogens with zero attached hydrogens (tertiary/aromatic N) is 1. The van der Waals surface area contributed by atoms with Crippen LogP contribution in [0.15, 0.2) is 24.3 Å². The summed E-state index contributed by atoms with van der Waals surface area (Å²) in [5, 5.41) is 0. The molecule has 2 N–H and O–H groups in total. The van der Waals surface area contributed by atoms with Gasteiger partial charge in [0.15, 0.2) is 0 Å². The molecule has 4 atom stereocenters. The number of piperidine rings is 1. The molecule has 1 fully saturated rings. The van der Waals surface area contributed by atoms with Crippen LogP contribution in [0.5, 0.6) is 5.75 Å². The number of likely N-dealkylation sites (tertiary alicyclic amines) is 1. The highest BCUT2D eigenvalue weighted by molar-refractivity contribution is 5.38. The summed E-state index contributed by atoms with van der Waals surface area (Å²) in [4.78, 5) is 2.66. The molecule has 21 heavy (non-hydrogen) atoms. The molecule has 3 rings (SSSR count). The normalized spacial score (nSPS) is 33.3. The molecule has 0 aliphatic carbocycles. The summed E-state index contributed by atoms with van der Waals surface area (Å²) < 4.78 is 5.91. The SMILES string of the molecule is CCC1CCN(C2c3ccccc3OCC2C)C(CN)C1. The Hall–Kier alpha value is -1.06. The lowest BCUT2D eigenvalue weighted by Crippen LogP contribution is -2.51. The van der Waals surface area contributed by atoms with Gasteiger partial charge in [-0.1, -0.05) is 38.5 Å². The van der Waals surface area contributed by atoms with E-state index in [0.717, 1.165) is 24.8 Å². The first-order valence-electron chi connectivity index (χ1n) is 8.42. The van der Waals surface area contributed by atoms with Gasteiger partial charge in [0.1, 0.15) is 5.75 Å². The van der Waals surface area contributed by atoms with E-state index in [2.05, 4.69) is 43.0 Å². The van der Waals surface area contributed by atoms with Crippen molar-refractivity contribution in [2.75, 3.05) is 19.7 Å². The Labute approximate surface area is 128 Å². The average molecular weight is 288 g/mol. The number of rotatable bonds is 3. The summed E-state index contributed by atoms with van der Waals surface area (Å²) in [7, 11) is 0. The Bertz CT molecular complexity index is 476. The van der Waals surface area contributed by atoms with Gasteiger partial charge in [-0.15, -0.1) is 0 Å². The van der Waals surface area contributed by atoms with Crippen molar-refractivity contribution < 1.29 is 4.74 Å². The minimum atomic E-state index is 0.460. The van der Waals surface area contributed by atoms with Crippen molar-refractivity contribution in [3.8, 4) is 5.75 Å². The highest BCUT2D eigenvalue weighted by Crippen LogP contribution is 2.42. The first kappa shape index (κ1) is 14.9. The largest absolute Gasteiger partial charge is 0.493 e. The van der Waals surface area contributed by atoms with E-state index in [9.17, 15) is 0 Å². The minimum absolute atomic E-state index is 0.460. The summed E-state index contributed by atoms with van der Waals surface area (Å²) in [6.07, 6.45) is 3.84. The fourth-order valence-corrected chi connectivity index (χ4v) is 4.10. The maximum absolute atomic E-state index is 6.11. The van der Waals surface area contributed by atoms with Crippen molar-refractivity contribution in [2.45, 2.75) is 45.2 Å². The van der Waals surface area contributed by atoms with Gasteiger partial charge in [0, 0.05) is 30.1 Å². The molecule has 3 heteroatoms. The first-order valence-corrected chi connectivity index (χ1v) is 8.42. The summed E-state index contributed by atoms with van der Waals surface area (Å²) in [5.74, 6) is 2.43. The second-order valence-electron chi connectivity index (χ2n) is 6.70. The Kier molecular flexibility index (Phi) is 4.51. The van der Waals surface area contributed by atoms with E-state index in [4.69, 9.17) is 10.5 Å². The van der Waals surface area contributed by atoms with Crippen LogP contribution in [0, 0.1) is 11.8 Å². The Morgan fingerprint density at radius 1 is 1.33 bits per heavy atom. The van der Waals surface area contributed by atoms with Crippen molar-refractivity contribution in [3.63, 3.8) is 0 Å². The zero-order valence-corrected chi connectivity index (χ0v) is 13.3. The highest BCUT2D eigenvalue weighted by Gasteiger charge is 2.38. The van der Waals surface area contributed by atoms with Crippen molar-refractivity contribution >= 4 is 0 Å². The molecule has 0 amide bonds. The van der Waals surface area contributed by atoms with Crippen LogP contribution in [0.25, 0.3) is 0 Å². The van der Waals surface area contributed by atoms with E-state index in [-0.39, 0.29) is 0 Å². The quantitative estimate of drug-likeness (QED) is 0.928. The molecule has 1 saturated heterocycles. The van der Waals surface area contributed by atoms with E-state index in [1.54, 1.807) is 0 Å². The van der Waals surface area contributed by atoms with E-state index >= 15 is 0 Å². The number of ether oxygens (including phenoxy) is 1. The van der Waals surface area contributed by atoms with Crippen LogP contribution < -0.4 is 10.5 Å². The van der Waals surface area contributed by atoms with Crippen LogP contribution in [0.2, 0.25) is 0 Å². The van der Waals surface area contributed by atoms with Crippen LogP contribution in [0.4, 0.5) is 0 Å². The minimum Gasteiger partial charge on any atom is -0.493 e. The molecule has 0 spiro atoms. The molecule has 1 aromatic carbocycles. The molecular weight excluding hydrogens is 260 g/mol. The second-order valence-corrected chi connectivity index (χ2v) is 6.70. The molecule has 0 saturated carbocycles. The maximum Gasteiger partial charge on any atom is 0.124 e. The molecule has 2 aliphatic rings. The van der Waals surface area contributed by atoms with Crippen molar-refractivity contribution in [3.05, 3.63) is 29.8 Å². The van der Waals surface area contributed by atoms with Gasteiger partial charge >= 0.3 is 0 Å². The molecule has 0 bridgehead atoms. The van der Waals surface area contributed by atoms with E-state index in [0.29, 0.717) is 18.0 Å². The van der Waals surface area contributed by atoms with Gasteiger partial charge in [-0.2, -0.15) is 0 Å². The van der Waals surface area contributed by atoms with E-state index in [1.807, 2.05) is 0 Å². The molecular formula is C18H28N2O. The standard InChI is InChI=1S/C18H28N2O/c1-3-14-8-9-20(15(10-14)11-19)18-13(2)12-21-17-7-5-4-6-16(17)18/h4-7,13-15,18H,3,8-12,19H2,1-2H3. The lowest BCUT2D eigenvalue weighted by atomic mass is 9.83. The van der Waals surface area contributed by atoms with Gasteiger partial charge in [-0.25, -0.2) is 0 Å². The van der Waals surface area contributed by atoms with Crippen LogP contribution in [-0.4, -0.2) is 30.6 Å². The molecule has 116 valence electrons.